The lowest BCUT2D eigenvalue weighted by Crippen LogP contribution is -2.59. The summed E-state index contributed by atoms with van der Waals surface area (Å²) in [6.45, 7) is 8.42. The molecule has 0 bridgehead atoms. The molecule has 272 valence electrons. The largest absolute Gasteiger partial charge is 0.460 e. The first-order valence-corrected chi connectivity index (χ1v) is 17.1. The summed E-state index contributed by atoms with van der Waals surface area (Å²) in [7, 11) is 1.55. The number of cyclic esters (lactones) is 1. The average molecular weight is 681 g/mol. The number of amides is 2. The molecular formula is C35H56N2O11. The zero-order chi connectivity index (χ0) is 35.7. The zero-order valence-electron chi connectivity index (χ0n) is 29.0. The third kappa shape index (κ3) is 10.4. The van der Waals surface area contributed by atoms with Crippen LogP contribution in [0, 0.1) is 17.8 Å². The number of nitrogens with zero attached hydrogens (tertiary/aromatic N) is 1. The van der Waals surface area contributed by atoms with E-state index in [1.54, 1.807) is 20.9 Å². The Kier molecular flexibility index (Phi) is 15.2. The molecule has 48 heavy (non-hydrogen) atoms. The van der Waals surface area contributed by atoms with Gasteiger partial charge in [0.05, 0.1) is 24.7 Å². The van der Waals surface area contributed by atoms with Crippen LogP contribution in [0.15, 0.2) is 30.3 Å². The maximum absolute atomic E-state index is 13.8. The first-order chi connectivity index (χ1) is 22.7. The minimum Gasteiger partial charge on any atom is -0.460 e. The number of likely N-dealkylation sites (N-methyl/N-ethyl adjacent to an activating group) is 1. The first-order valence-electron chi connectivity index (χ1n) is 17.1. The highest BCUT2D eigenvalue weighted by atomic mass is 16.7. The highest BCUT2D eigenvalue weighted by Crippen LogP contribution is 2.27. The van der Waals surface area contributed by atoms with Crippen molar-refractivity contribution in [2.45, 2.75) is 134 Å². The number of nitrogens with one attached hydrogen (secondary N) is 1. The molecule has 0 spiro atoms. The maximum atomic E-state index is 13.8. The standard InChI is InChI=1S/C35H56N2O11/c1-19(2)28-34(45)47-26(20(3)12-10-11-13-21(4)46-35-31(42)30(41)29(40)27(18-38)48-35)17-25(39)22(5)32(43)36-24(33(44)37(28)6)16-23-14-8-7-9-15-23/h7-9,14-15,19-22,24-31,35,38-42H,10-13,16-18H2,1-6H3,(H,36,43)/t20?,21-,22?,24-,25?,26?,27-,28+,29-,30+,31+,35-/m1/s1. The molecule has 0 aliphatic carbocycles. The van der Waals surface area contributed by atoms with Gasteiger partial charge in [0.25, 0.3) is 0 Å². The Morgan fingerprint density at radius 1 is 0.958 bits per heavy atom. The van der Waals surface area contributed by atoms with Gasteiger partial charge < -0.3 is 50.0 Å². The molecule has 2 fully saturated rings. The fourth-order valence-corrected chi connectivity index (χ4v) is 6.41. The van der Waals surface area contributed by atoms with E-state index in [1.165, 1.54) is 4.90 Å². The summed E-state index contributed by atoms with van der Waals surface area (Å²) in [6.07, 6.45) is -6.08. The van der Waals surface area contributed by atoms with Crippen molar-refractivity contribution < 1.29 is 54.1 Å². The van der Waals surface area contributed by atoms with Crippen LogP contribution in [0.1, 0.15) is 72.3 Å². The lowest BCUT2D eigenvalue weighted by atomic mass is 9.89. The van der Waals surface area contributed by atoms with Crippen molar-refractivity contribution >= 4 is 17.8 Å². The SMILES string of the molecule is CC(CCCC[C@@H](C)O[C@@H]1O[C@H](CO)[C@@H](O)[C@H](O)[C@@H]1O)C1CC(O)C(C)C(=O)N[C@H](Cc2ccccc2)C(=O)N(C)[C@@H](C(C)C)C(=O)O1. The number of ether oxygens (including phenoxy) is 3. The number of esters is 1. The number of unbranched alkanes of at least 4 members (excludes halogenated alkanes) is 1. The lowest BCUT2D eigenvalue weighted by Gasteiger charge is -2.40. The van der Waals surface area contributed by atoms with Crippen LogP contribution in [-0.2, 0) is 35.0 Å². The topological polar surface area (TPSA) is 195 Å². The Balaban J connectivity index is 1.66. The summed E-state index contributed by atoms with van der Waals surface area (Å²) in [5.74, 6) is -2.79. The number of rotatable bonds is 12. The highest BCUT2D eigenvalue weighted by molar-refractivity contribution is 5.91. The minimum absolute atomic E-state index is 0.0456. The Bertz CT molecular complexity index is 1170. The molecule has 0 saturated carbocycles. The van der Waals surface area contributed by atoms with Crippen LogP contribution in [0.3, 0.4) is 0 Å². The van der Waals surface area contributed by atoms with Crippen molar-refractivity contribution in [3.63, 3.8) is 0 Å². The quantitative estimate of drug-likeness (QED) is 0.136. The Morgan fingerprint density at radius 2 is 1.60 bits per heavy atom. The summed E-state index contributed by atoms with van der Waals surface area (Å²) in [5, 5.41) is 53.7. The number of aliphatic hydroxyl groups is 5. The number of benzene rings is 1. The van der Waals surface area contributed by atoms with Crippen molar-refractivity contribution in [1.82, 2.24) is 10.2 Å². The van der Waals surface area contributed by atoms with Crippen molar-refractivity contribution in [3.8, 4) is 0 Å². The zero-order valence-corrected chi connectivity index (χ0v) is 29.0. The number of hydrogen-bond acceptors (Lipinski definition) is 11. The van der Waals surface area contributed by atoms with E-state index in [-0.39, 0.29) is 30.8 Å². The van der Waals surface area contributed by atoms with Crippen LogP contribution in [-0.4, -0.2) is 123 Å². The first kappa shape index (κ1) is 39.8. The fourth-order valence-electron chi connectivity index (χ4n) is 6.41. The van der Waals surface area contributed by atoms with E-state index in [0.29, 0.717) is 25.7 Å². The number of aliphatic hydroxyl groups excluding tert-OH is 5. The Hall–Kier alpha value is -2.65. The molecular weight excluding hydrogens is 624 g/mol. The minimum atomic E-state index is -1.52. The van der Waals surface area contributed by atoms with Crippen molar-refractivity contribution in [3.05, 3.63) is 35.9 Å². The van der Waals surface area contributed by atoms with Gasteiger partial charge in [0.1, 0.15) is 42.6 Å². The summed E-state index contributed by atoms with van der Waals surface area (Å²) in [6, 6.07) is 7.44. The normalized spacial score (nSPS) is 33.8. The van der Waals surface area contributed by atoms with Crippen LogP contribution in [0.4, 0.5) is 0 Å². The second kappa shape index (κ2) is 18.4. The van der Waals surface area contributed by atoms with E-state index in [9.17, 15) is 39.9 Å². The monoisotopic (exact) mass is 680 g/mol. The Morgan fingerprint density at radius 3 is 2.23 bits per heavy atom. The number of carbonyl (C=O) groups is 3. The van der Waals surface area contributed by atoms with Crippen molar-refractivity contribution in [2.75, 3.05) is 13.7 Å². The van der Waals surface area contributed by atoms with Gasteiger partial charge in [-0.2, -0.15) is 0 Å². The van der Waals surface area contributed by atoms with E-state index in [2.05, 4.69) is 5.32 Å². The van der Waals surface area contributed by atoms with Gasteiger partial charge in [0.2, 0.25) is 11.8 Å². The van der Waals surface area contributed by atoms with E-state index < -0.39 is 85.3 Å². The molecule has 4 unspecified atom stereocenters. The van der Waals surface area contributed by atoms with Gasteiger partial charge >= 0.3 is 5.97 Å². The summed E-state index contributed by atoms with van der Waals surface area (Å²) < 4.78 is 17.3. The summed E-state index contributed by atoms with van der Waals surface area (Å²) >= 11 is 0. The molecule has 12 atom stereocenters. The average Bonchev–Trinajstić information content (AvgIpc) is 3.05. The predicted octanol–water partition coefficient (Wildman–Crippen LogP) is 0.911. The van der Waals surface area contributed by atoms with Gasteiger partial charge in [-0.3, -0.25) is 9.59 Å². The summed E-state index contributed by atoms with van der Waals surface area (Å²) in [4.78, 5) is 42.2. The third-order valence-corrected chi connectivity index (χ3v) is 9.64. The number of carbonyl (C=O) groups excluding carboxylic acids is 3. The molecule has 2 heterocycles. The van der Waals surface area contributed by atoms with Crippen molar-refractivity contribution in [2.24, 2.45) is 17.8 Å². The van der Waals surface area contributed by atoms with E-state index >= 15 is 0 Å². The summed E-state index contributed by atoms with van der Waals surface area (Å²) in [5.41, 5.74) is 0.845. The van der Waals surface area contributed by atoms with Crippen LogP contribution in [0.2, 0.25) is 0 Å². The van der Waals surface area contributed by atoms with Crippen molar-refractivity contribution in [1.29, 1.82) is 0 Å². The smallest absolute Gasteiger partial charge is 0.329 e. The lowest BCUT2D eigenvalue weighted by molar-refractivity contribution is -0.310. The second-order valence-corrected chi connectivity index (χ2v) is 13.9. The second-order valence-electron chi connectivity index (χ2n) is 13.9. The van der Waals surface area contributed by atoms with Crippen LogP contribution in [0.25, 0.3) is 0 Å². The molecule has 1 aromatic carbocycles. The van der Waals surface area contributed by atoms with Crippen LogP contribution < -0.4 is 5.32 Å². The molecule has 6 N–H and O–H groups in total. The Labute approximate surface area is 283 Å². The molecule has 2 aliphatic heterocycles. The van der Waals surface area contributed by atoms with Gasteiger partial charge in [-0.1, -0.05) is 70.9 Å². The molecule has 13 nitrogen and oxygen atoms in total. The van der Waals surface area contributed by atoms with Crippen LogP contribution in [0.5, 0.6) is 0 Å². The van der Waals surface area contributed by atoms with Gasteiger partial charge in [0.15, 0.2) is 6.29 Å². The van der Waals surface area contributed by atoms with E-state index in [0.717, 1.165) is 5.56 Å². The fraction of sp³-hybridized carbons (Fsp3) is 0.743. The van der Waals surface area contributed by atoms with Gasteiger partial charge in [-0.05, 0) is 37.2 Å². The highest BCUT2D eigenvalue weighted by Gasteiger charge is 2.44. The van der Waals surface area contributed by atoms with E-state index in [4.69, 9.17) is 14.2 Å². The maximum Gasteiger partial charge on any atom is 0.329 e. The molecule has 0 radical (unpaired) electrons. The third-order valence-electron chi connectivity index (χ3n) is 9.64. The molecule has 2 saturated heterocycles. The van der Waals surface area contributed by atoms with Gasteiger partial charge in [-0.25, -0.2) is 4.79 Å². The van der Waals surface area contributed by atoms with Gasteiger partial charge in [-0.15, -0.1) is 0 Å². The molecule has 1 aromatic rings. The molecule has 13 heteroatoms. The predicted molar refractivity (Wildman–Crippen MR) is 175 cm³/mol. The molecule has 0 aromatic heterocycles. The molecule has 3 rings (SSSR count). The number of hydrogen-bond donors (Lipinski definition) is 6. The molecule has 2 amide bonds. The van der Waals surface area contributed by atoms with Crippen LogP contribution >= 0.6 is 0 Å². The van der Waals surface area contributed by atoms with Gasteiger partial charge in [0, 0.05) is 19.9 Å². The van der Waals surface area contributed by atoms with E-state index in [1.807, 2.05) is 51.1 Å². The molecule has 2 aliphatic rings.